The average Bonchev–Trinajstić information content (AvgIpc) is 2.81. The number of anilines is 1. The topological polar surface area (TPSA) is 84.1 Å². The summed E-state index contributed by atoms with van der Waals surface area (Å²) in [5, 5.41) is 6.26. The van der Waals surface area contributed by atoms with Crippen LogP contribution in [0, 0.1) is 0 Å². The van der Waals surface area contributed by atoms with Gasteiger partial charge in [0.25, 0.3) is 10.0 Å². The van der Waals surface area contributed by atoms with Gasteiger partial charge in [0.2, 0.25) is 0 Å². The van der Waals surface area contributed by atoms with Crippen molar-refractivity contribution in [3.05, 3.63) is 34.9 Å². The fraction of sp³-hybridized carbons (Fsp3) is 0.100. The standard InChI is InChI=1S/C10H10BrN3O3S/c1-17-8-3-2-7(11)6-9(8)18(15,16)14-10-4-5-12-13-10/h2-6H,1H3,(H2,12,13,14). The quantitative estimate of drug-likeness (QED) is 0.897. The molecule has 1 aromatic carbocycles. The Labute approximate surface area is 113 Å². The number of halogens is 1. The second-order valence-corrected chi connectivity index (χ2v) is 5.93. The summed E-state index contributed by atoms with van der Waals surface area (Å²) in [6, 6.07) is 6.26. The van der Waals surface area contributed by atoms with E-state index >= 15 is 0 Å². The number of hydrogen-bond acceptors (Lipinski definition) is 4. The van der Waals surface area contributed by atoms with Gasteiger partial charge in [0.15, 0.2) is 5.82 Å². The number of benzene rings is 1. The van der Waals surface area contributed by atoms with E-state index in [0.29, 0.717) is 4.47 Å². The van der Waals surface area contributed by atoms with Gasteiger partial charge in [-0.15, -0.1) is 0 Å². The third-order valence-corrected chi connectivity index (χ3v) is 4.02. The first-order chi connectivity index (χ1) is 8.53. The van der Waals surface area contributed by atoms with Crippen LogP contribution in [0.1, 0.15) is 0 Å². The molecule has 2 N–H and O–H groups in total. The number of methoxy groups -OCH3 is 1. The number of aromatic nitrogens is 2. The normalized spacial score (nSPS) is 11.2. The molecule has 0 unspecified atom stereocenters. The van der Waals surface area contributed by atoms with E-state index in [9.17, 15) is 8.42 Å². The highest BCUT2D eigenvalue weighted by Gasteiger charge is 2.20. The minimum absolute atomic E-state index is 0.0439. The van der Waals surface area contributed by atoms with Crippen LogP contribution in [0.15, 0.2) is 39.8 Å². The Morgan fingerprint density at radius 2 is 2.17 bits per heavy atom. The molecule has 0 aliphatic carbocycles. The summed E-state index contributed by atoms with van der Waals surface area (Å²) >= 11 is 3.23. The molecule has 96 valence electrons. The molecule has 0 aliphatic rings. The second-order valence-electron chi connectivity index (χ2n) is 3.36. The maximum atomic E-state index is 12.2. The monoisotopic (exact) mass is 331 g/mol. The van der Waals surface area contributed by atoms with Gasteiger partial charge in [-0.05, 0) is 18.2 Å². The van der Waals surface area contributed by atoms with Crippen molar-refractivity contribution in [1.82, 2.24) is 10.2 Å². The van der Waals surface area contributed by atoms with Crippen molar-refractivity contribution < 1.29 is 13.2 Å². The number of hydrogen-bond donors (Lipinski definition) is 2. The van der Waals surface area contributed by atoms with Crippen LogP contribution >= 0.6 is 15.9 Å². The Kier molecular flexibility index (Phi) is 3.58. The van der Waals surface area contributed by atoms with Gasteiger partial charge in [0.05, 0.1) is 7.11 Å². The molecule has 0 fully saturated rings. The van der Waals surface area contributed by atoms with Crippen LogP contribution in [0.2, 0.25) is 0 Å². The summed E-state index contributed by atoms with van der Waals surface area (Å²) < 4.78 is 32.4. The van der Waals surface area contributed by atoms with Crippen molar-refractivity contribution in [2.45, 2.75) is 4.90 Å². The Bertz CT molecular complexity index is 640. The minimum atomic E-state index is -3.74. The van der Waals surface area contributed by atoms with E-state index in [2.05, 4.69) is 30.8 Å². The molecular weight excluding hydrogens is 322 g/mol. The molecule has 0 bridgehead atoms. The van der Waals surface area contributed by atoms with E-state index in [1.54, 1.807) is 12.1 Å². The van der Waals surface area contributed by atoms with Gasteiger partial charge >= 0.3 is 0 Å². The Balaban J connectivity index is 2.43. The number of H-pyrrole nitrogens is 1. The third kappa shape index (κ3) is 2.65. The zero-order valence-electron chi connectivity index (χ0n) is 9.34. The zero-order chi connectivity index (χ0) is 13.2. The van der Waals surface area contributed by atoms with E-state index in [1.165, 1.54) is 25.4 Å². The van der Waals surface area contributed by atoms with Gasteiger partial charge in [-0.25, -0.2) is 8.42 Å². The third-order valence-electron chi connectivity index (χ3n) is 2.15. The predicted molar refractivity (Wildman–Crippen MR) is 70.1 cm³/mol. The molecule has 0 aliphatic heterocycles. The number of sulfonamides is 1. The number of nitrogens with zero attached hydrogens (tertiary/aromatic N) is 1. The van der Waals surface area contributed by atoms with E-state index in [1.807, 2.05) is 0 Å². The Morgan fingerprint density at radius 1 is 1.39 bits per heavy atom. The summed E-state index contributed by atoms with van der Waals surface area (Å²) in [7, 11) is -2.32. The number of nitrogens with one attached hydrogen (secondary N) is 2. The maximum Gasteiger partial charge on any atom is 0.266 e. The molecular formula is C10H10BrN3O3S. The fourth-order valence-corrected chi connectivity index (χ4v) is 3.08. The molecule has 0 radical (unpaired) electrons. The summed E-state index contributed by atoms with van der Waals surface area (Å²) in [6.07, 6.45) is 1.52. The van der Waals surface area contributed by atoms with Crippen molar-refractivity contribution in [2.75, 3.05) is 11.8 Å². The lowest BCUT2D eigenvalue weighted by molar-refractivity contribution is 0.403. The molecule has 1 heterocycles. The lowest BCUT2D eigenvalue weighted by Gasteiger charge is -2.10. The first kappa shape index (κ1) is 12.9. The highest BCUT2D eigenvalue weighted by atomic mass is 79.9. The van der Waals surface area contributed by atoms with Gasteiger partial charge in [0, 0.05) is 16.7 Å². The second kappa shape index (κ2) is 4.99. The summed E-state index contributed by atoms with van der Waals surface area (Å²) in [5.41, 5.74) is 0. The Morgan fingerprint density at radius 3 is 2.78 bits per heavy atom. The maximum absolute atomic E-state index is 12.2. The number of aromatic amines is 1. The van der Waals surface area contributed by atoms with E-state index in [4.69, 9.17) is 4.74 Å². The largest absolute Gasteiger partial charge is 0.495 e. The molecule has 2 rings (SSSR count). The van der Waals surface area contributed by atoms with Gasteiger partial charge in [-0.2, -0.15) is 5.10 Å². The number of rotatable bonds is 4. The van der Waals surface area contributed by atoms with Gasteiger partial charge in [0.1, 0.15) is 10.6 Å². The molecule has 1 aromatic heterocycles. The zero-order valence-corrected chi connectivity index (χ0v) is 11.7. The smallest absolute Gasteiger partial charge is 0.266 e. The van der Waals surface area contributed by atoms with Gasteiger partial charge < -0.3 is 4.74 Å². The van der Waals surface area contributed by atoms with Crippen molar-refractivity contribution >= 4 is 31.8 Å². The van der Waals surface area contributed by atoms with Gasteiger partial charge in [-0.1, -0.05) is 15.9 Å². The highest BCUT2D eigenvalue weighted by Crippen LogP contribution is 2.28. The molecule has 0 saturated heterocycles. The van der Waals surface area contributed by atoms with Crippen LogP contribution in [-0.4, -0.2) is 25.7 Å². The number of ether oxygens (including phenoxy) is 1. The van der Waals surface area contributed by atoms with E-state index in [-0.39, 0.29) is 16.5 Å². The summed E-state index contributed by atoms with van der Waals surface area (Å²) in [5.74, 6) is 0.485. The predicted octanol–water partition coefficient (Wildman–Crippen LogP) is 1.98. The van der Waals surface area contributed by atoms with Crippen LogP contribution in [0.3, 0.4) is 0 Å². The van der Waals surface area contributed by atoms with Crippen LogP contribution < -0.4 is 9.46 Å². The summed E-state index contributed by atoms with van der Waals surface area (Å²) in [6.45, 7) is 0. The van der Waals surface area contributed by atoms with Crippen LogP contribution in [-0.2, 0) is 10.0 Å². The van der Waals surface area contributed by atoms with E-state index < -0.39 is 10.0 Å². The molecule has 2 aromatic rings. The highest BCUT2D eigenvalue weighted by molar-refractivity contribution is 9.10. The van der Waals surface area contributed by atoms with Crippen molar-refractivity contribution in [2.24, 2.45) is 0 Å². The van der Waals surface area contributed by atoms with E-state index in [0.717, 1.165) is 0 Å². The first-order valence-corrected chi connectivity index (χ1v) is 7.17. The molecule has 0 spiro atoms. The lowest BCUT2D eigenvalue weighted by Crippen LogP contribution is -2.14. The van der Waals surface area contributed by atoms with Crippen molar-refractivity contribution in [3.8, 4) is 5.75 Å². The SMILES string of the molecule is COc1ccc(Br)cc1S(=O)(=O)Nc1cc[nH]n1. The van der Waals surface area contributed by atoms with Gasteiger partial charge in [-0.3, -0.25) is 9.82 Å². The summed E-state index contributed by atoms with van der Waals surface area (Å²) in [4.78, 5) is 0.0439. The first-order valence-electron chi connectivity index (χ1n) is 4.89. The van der Waals surface area contributed by atoms with Crippen molar-refractivity contribution in [1.29, 1.82) is 0 Å². The Hall–Kier alpha value is -1.54. The van der Waals surface area contributed by atoms with Crippen LogP contribution in [0.4, 0.5) is 5.82 Å². The average molecular weight is 332 g/mol. The molecule has 18 heavy (non-hydrogen) atoms. The molecule has 6 nitrogen and oxygen atoms in total. The molecule has 0 saturated carbocycles. The van der Waals surface area contributed by atoms with Crippen LogP contribution in [0.5, 0.6) is 5.75 Å². The molecule has 0 atom stereocenters. The fourth-order valence-electron chi connectivity index (χ4n) is 1.37. The minimum Gasteiger partial charge on any atom is -0.495 e. The molecule has 8 heteroatoms. The lowest BCUT2D eigenvalue weighted by atomic mass is 10.3. The van der Waals surface area contributed by atoms with Crippen LogP contribution in [0.25, 0.3) is 0 Å². The van der Waals surface area contributed by atoms with Crippen molar-refractivity contribution in [3.63, 3.8) is 0 Å². The molecule has 0 amide bonds.